The lowest BCUT2D eigenvalue weighted by molar-refractivity contribution is 0.112. The SMILES string of the molecule is CN(CN)CN(C)CN(C)CN.CNCN(C)CN(C)CN(C)CNC. The lowest BCUT2D eigenvalue weighted by Crippen LogP contribution is -2.43. The van der Waals surface area contributed by atoms with E-state index in [0.29, 0.717) is 13.3 Å². The third-order valence-corrected chi connectivity index (χ3v) is 3.41. The van der Waals surface area contributed by atoms with Crippen molar-refractivity contribution in [3.05, 3.63) is 0 Å². The maximum atomic E-state index is 5.44. The highest BCUT2D eigenvalue weighted by Crippen LogP contribution is 1.89. The van der Waals surface area contributed by atoms with Gasteiger partial charge in [0.25, 0.3) is 0 Å². The van der Waals surface area contributed by atoms with Crippen LogP contribution in [0.3, 0.4) is 0 Å². The standard InChI is InChI=1S/C9H25N5.C7H21N5/c1-10-6-12(3)8-14(5)9-13(4)7-11-2;1-10(4-8)6-12(3)7-11(2)5-9/h10-11H,6-9H2,1-5H3;4-9H2,1-3H3. The van der Waals surface area contributed by atoms with E-state index in [2.05, 4.69) is 51.4 Å². The lowest BCUT2D eigenvalue weighted by atomic mass is 10.6. The first-order valence-electron chi connectivity index (χ1n) is 9.00. The molecule has 0 bridgehead atoms. The van der Waals surface area contributed by atoms with Gasteiger partial charge in [0.05, 0.1) is 26.7 Å². The Hall–Kier alpha value is -0.400. The van der Waals surface area contributed by atoms with Gasteiger partial charge in [-0.2, -0.15) is 0 Å². The maximum Gasteiger partial charge on any atom is 0.0523 e. The smallest absolute Gasteiger partial charge is 0.0523 e. The molecule has 0 rings (SSSR count). The highest BCUT2D eigenvalue weighted by Gasteiger charge is 2.05. The monoisotopic (exact) mass is 378 g/mol. The number of nitrogens with one attached hydrogen (secondary N) is 2. The van der Waals surface area contributed by atoms with Crippen LogP contribution in [0.2, 0.25) is 0 Å². The number of rotatable bonds is 14. The van der Waals surface area contributed by atoms with Crippen LogP contribution in [0.15, 0.2) is 0 Å². The first kappa shape index (κ1) is 27.8. The second-order valence-corrected chi connectivity index (χ2v) is 7.09. The number of hydrogen-bond donors (Lipinski definition) is 4. The van der Waals surface area contributed by atoms with Crippen molar-refractivity contribution in [1.82, 2.24) is 40.0 Å². The molecular weight excluding hydrogens is 332 g/mol. The van der Waals surface area contributed by atoms with E-state index in [0.717, 1.165) is 40.0 Å². The van der Waals surface area contributed by atoms with E-state index in [1.54, 1.807) is 0 Å². The molecule has 0 heterocycles. The highest BCUT2D eigenvalue weighted by molar-refractivity contribution is 4.52. The summed E-state index contributed by atoms with van der Waals surface area (Å²) in [5.74, 6) is 0. The van der Waals surface area contributed by atoms with Crippen LogP contribution in [0.25, 0.3) is 0 Å². The van der Waals surface area contributed by atoms with E-state index in [4.69, 9.17) is 11.5 Å². The molecule has 0 aliphatic rings. The van der Waals surface area contributed by atoms with Crippen molar-refractivity contribution in [2.75, 3.05) is 110 Å². The summed E-state index contributed by atoms with van der Waals surface area (Å²) in [5.41, 5.74) is 10.9. The van der Waals surface area contributed by atoms with Crippen LogP contribution in [0.4, 0.5) is 0 Å². The molecule has 6 N–H and O–H groups in total. The van der Waals surface area contributed by atoms with Crippen LogP contribution >= 0.6 is 0 Å². The third-order valence-electron chi connectivity index (χ3n) is 3.41. The Morgan fingerprint density at radius 1 is 0.500 bits per heavy atom. The predicted octanol–water partition coefficient (Wildman–Crippen LogP) is -2.42. The van der Waals surface area contributed by atoms with E-state index >= 15 is 0 Å². The molecule has 0 aliphatic heterocycles. The summed E-state index contributed by atoms with van der Waals surface area (Å²) < 4.78 is 0. The minimum absolute atomic E-state index is 0.580. The summed E-state index contributed by atoms with van der Waals surface area (Å²) in [4.78, 5) is 12.9. The zero-order valence-electron chi connectivity index (χ0n) is 18.5. The van der Waals surface area contributed by atoms with Gasteiger partial charge in [0, 0.05) is 26.7 Å². The molecule has 0 aromatic carbocycles. The zero-order valence-corrected chi connectivity index (χ0v) is 18.5. The van der Waals surface area contributed by atoms with Crippen LogP contribution in [0.5, 0.6) is 0 Å². The van der Waals surface area contributed by atoms with Crippen molar-refractivity contribution in [1.29, 1.82) is 0 Å². The molecule has 0 fully saturated rings. The van der Waals surface area contributed by atoms with Crippen LogP contribution in [-0.4, -0.2) is 139 Å². The number of nitrogens with two attached hydrogens (primary N) is 2. The minimum Gasteiger partial charge on any atom is -0.318 e. The topological polar surface area (TPSA) is 95.5 Å². The summed E-state index contributed by atoms with van der Waals surface area (Å²) in [6, 6.07) is 0. The van der Waals surface area contributed by atoms with E-state index in [-0.39, 0.29) is 0 Å². The van der Waals surface area contributed by atoms with Gasteiger partial charge in [-0.25, -0.2) is 0 Å². The molecule has 0 aromatic heterocycles. The van der Waals surface area contributed by atoms with E-state index < -0.39 is 0 Å². The van der Waals surface area contributed by atoms with Crippen LogP contribution in [0, 0.1) is 0 Å². The lowest BCUT2D eigenvalue weighted by Gasteiger charge is -2.28. The van der Waals surface area contributed by atoms with Crippen molar-refractivity contribution < 1.29 is 0 Å². The molecule has 0 unspecified atom stereocenters. The van der Waals surface area contributed by atoms with Gasteiger partial charge in [0.1, 0.15) is 0 Å². The van der Waals surface area contributed by atoms with E-state index in [1.807, 2.05) is 45.0 Å². The fourth-order valence-electron chi connectivity index (χ4n) is 2.49. The van der Waals surface area contributed by atoms with Crippen molar-refractivity contribution in [2.45, 2.75) is 0 Å². The van der Waals surface area contributed by atoms with Gasteiger partial charge in [-0.05, 0) is 56.4 Å². The van der Waals surface area contributed by atoms with Crippen molar-refractivity contribution in [3.63, 3.8) is 0 Å². The first-order valence-corrected chi connectivity index (χ1v) is 9.00. The summed E-state index contributed by atoms with van der Waals surface area (Å²) in [7, 11) is 16.3. The molecule has 10 nitrogen and oxygen atoms in total. The summed E-state index contributed by atoms with van der Waals surface area (Å²) in [6.45, 7) is 6.65. The Morgan fingerprint density at radius 3 is 1.00 bits per heavy atom. The van der Waals surface area contributed by atoms with Gasteiger partial charge in [0.2, 0.25) is 0 Å². The molecule has 0 saturated carbocycles. The first-order chi connectivity index (χ1) is 12.2. The molecule has 0 aliphatic carbocycles. The van der Waals surface area contributed by atoms with Crippen LogP contribution in [-0.2, 0) is 0 Å². The molecule has 160 valence electrons. The quantitative estimate of drug-likeness (QED) is 0.245. The van der Waals surface area contributed by atoms with E-state index in [9.17, 15) is 0 Å². The van der Waals surface area contributed by atoms with Crippen molar-refractivity contribution >= 4 is 0 Å². The largest absolute Gasteiger partial charge is 0.318 e. The van der Waals surface area contributed by atoms with Crippen LogP contribution < -0.4 is 22.1 Å². The van der Waals surface area contributed by atoms with Gasteiger partial charge in [-0.3, -0.25) is 29.4 Å². The van der Waals surface area contributed by atoms with E-state index in [1.165, 1.54) is 0 Å². The predicted molar refractivity (Wildman–Crippen MR) is 112 cm³/mol. The Kier molecular flexibility index (Phi) is 19.2. The average Bonchev–Trinajstić information content (AvgIpc) is 2.55. The summed E-state index contributed by atoms with van der Waals surface area (Å²) in [5, 5.41) is 6.25. The number of nitrogens with zero attached hydrogens (tertiary/aromatic N) is 6. The fraction of sp³-hybridized carbons (Fsp3) is 1.00. The number of hydrogen-bond acceptors (Lipinski definition) is 10. The minimum atomic E-state index is 0.580. The Labute approximate surface area is 162 Å². The third kappa shape index (κ3) is 18.4. The van der Waals surface area contributed by atoms with Crippen LogP contribution in [0.1, 0.15) is 0 Å². The zero-order chi connectivity index (χ0) is 20.5. The summed E-state index contributed by atoms with van der Waals surface area (Å²) in [6.07, 6.45) is 0. The molecule has 0 saturated heterocycles. The normalized spacial score (nSPS) is 12.0. The molecular formula is C16H46N10. The molecule has 0 amide bonds. The molecule has 26 heavy (non-hydrogen) atoms. The van der Waals surface area contributed by atoms with Gasteiger partial charge in [-0.15, -0.1) is 0 Å². The Bertz CT molecular complexity index is 268. The fourth-order valence-corrected chi connectivity index (χ4v) is 2.49. The second-order valence-electron chi connectivity index (χ2n) is 7.09. The second kappa shape index (κ2) is 18.0. The van der Waals surface area contributed by atoms with Crippen molar-refractivity contribution in [2.24, 2.45) is 11.5 Å². The van der Waals surface area contributed by atoms with Gasteiger partial charge in [-0.1, -0.05) is 0 Å². The Balaban J connectivity index is 0. The molecule has 0 aromatic rings. The van der Waals surface area contributed by atoms with Gasteiger partial charge < -0.3 is 22.1 Å². The molecule has 0 radical (unpaired) electrons. The van der Waals surface area contributed by atoms with Gasteiger partial charge in [0.15, 0.2) is 0 Å². The maximum absolute atomic E-state index is 5.44. The Morgan fingerprint density at radius 2 is 0.769 bits per heavy atom. The molecule has 10 heteroatoms. The molecule has 0 atom stereocenters. The highest BCUT2D eigenvalue weighted by atomic mass is 15.4. The van der Waals surface area contributed by atoms with Crippen molar-refractivity contribution in [3.8, 4) is 0 Å². The van der Waals surface area contributed by atoms with Gasteiger partial charge >= 0.3 is 0 Å². The molecule has 0 spiro atoms. The summed E-state index contributed by atoms with van der Waals surface area (Å²) >= 11 is 0. The average molecular weight is 379 g/mol.